The lowest BCUT2D eigenvalue weighted by molar-refractivity contribution is -0.122. The zero-order valence-electron chi connectivity index (χ0n) is 8.10. The summed E-state index contributed by atoms with van der Waals surface area (Å²) in [6.07, 6.45) is 0. The Morgan fingerprint density at radius 2 is 1.71 bits per heavy atom. The van der Waals surface area contributed by atoms with Crippen molar-refractivity contribution in [2.75, 3.05) is 7.05 Å². The number of hydrogen-bond acceptors (Lipinski definition) is 3. The molecular formula is C10H15NO3. The fourth-order valence-electron chi connectivity index (χ4n) is 0.967. The molecule has 0 radical (unpaired) electrons. The number of aliphatic hydroxyl groups excluding tert-OH is 1. The van der Waals surface area contributed by atoms with Gasteiger partial charge in [-0.15, -0.1) is 0 Å². The van der Waals surface area contributed by atoms with E-state index in [1.807, 2.05) is 31.3 Å². The van der Waals surface area contributed by atoms with E-state index in [1.165, 1.54) is 5.56 Å². The maximum Gasteiger partial charge on any atom is 0.290 e. The first-order valence-electron chi connectivity index (χ1n) is 4.19. The minimum atomic E-state index is -0.250. The first kappa shape index (κ1) is 12.6. The van der Waals surface area contributed by atoms with Crippen LogP contribution in [0.1, 0.15) is 11.1 Å². The molecule has 1 aromatic rings. The van der Waals surface area contributed by atoms with Crippen LogP contribution in [0.15, 0.2) is 24.3 Å². The van der Waals surface area contributed by atoms with E-state index in [1.54, 1.807) is 0 Å². The van der Waals surface area contributed by atoms with Crippen molar-refractivity contribution >= 4 is 6.47 Å². The lowest BCUT2D eigenvalue weighted by atomic mass is 10.1. The Bertz CT molecular complexity index is 246. The summed E-state index contributed by atoms with van der Waals surface area (Å²) >= 11 is 0. The third-order valence-electron chi connectivity index (χ3n) is 1.59. The number of carbonyl (C=O) groups is 1. The van der Waals surface area contributed by atoms with Gasteiger partial charge in [0.25, 0.3) is 6.47 Å². The first-order valence-corrected chi connectivity index (χ1v) is 4.19. The molecule has 0 unspecified atom stereocenters. The van der Waals surface area contributed by atoms with E-state index in [0.29, 0.717) is 0 Å². The van der Waals surface area contributed by atoms with Crippen LogP contribution in [0, 0.1) is 0 Å². The second-order valence-electron chi connectivity index (χ2n) is 2.61. The topological polar surface area (TPSA) is 69.6 Å². The molecule has 4 heteroatoms. The third-order valence-corrected chi connectivity index (χ3v) is 1.59. The average Bonchev–Trinajstić information content (AvgIpc) is 2.21. The molecule has 0 spiro atoms. The van der Waals surface area contributed by atoms with E-state index in [0.717, 1.165) is 12.1 Å². The Kier molecular flexibility index (Phi) is 7.40. The highest BCUT2D eigenvalue weighted by Gasteiger charge is 1.90. The molecule has 0 saturated heterocycles. The van der Waals surface area contributed by atoms with Crippen molar-refractivity contribution in [2.45, 2.75) is 13.2 Å². The fraction of sp³-hybridized carbons (Fsp3) is 0.300. The number of hydrogen-bond donors (Lipinski definition) is 3. The molecule has 0 aromatic heterocycles. The summed E-state index contributed by atoms with van der Waals surface area (Å²) in [6.45, 7) is 0.755. The number of benzene rings is 1. The quantitative estimate of drug-likeness (QED) is 0.620. The van der Waals surface area contributed by atoms with Crippen LogP contribution in [0.25, 0.3) is 0 Å². The van der Waals surface area contributed by atoms with Gasteiger partial charge in [0, 0.05) is 6.54 Å². The highest BCUT2D eigenvalue weighted by molar-refractivity contribution is 5.32. The maximum atomic E-state index is 8.74. The molecule has 1 rings (SSSR count). The molecule has 0 saturated carbocycles. The van der Waals surface area contributed by atoms with Gasteiger partial charge in [0.05, 0.1) is 6.61 Å². The molecule has 0 fully saturated rings. The SMILES string of the molecule is CNCc1ccc(CO)cc1.O=CO. The minimum absolute atomic E-state index is 0.125. The van der Waals surface area contributed by atoms with Crippen LogP contribution >= 0.6 is 0 Å². The third kappa shape index (κ3) is 5.29. The molecule has 0 atom stereocenters. The summed E-state index contributed by atoms with van der Waals surface area (Å²) in [4.78, 5) is 8.36. The molecule has 0 bridgehead atoms. The number of aliphatic hydroxyl groups is 1. The highest BCUT2D eigenvalue weighted by atomic mass is 16.3. The van der Waals surface area contributed by atoms with Crippen LogP contribution < -0.4 is 5.32 Å². The van der Waals surface area contributed by atoms with E-state index in [-0.39, 0.29) is 13.1 Å². The van der Waals surface area contributed by atoms with Gasteiger partial charge in [-0.05, 0) is 18.2 Å². The number of nitrogens with one attached hydrogen (secondary N) is 1. The van der Waals surface area contributed by atoms with Crippen molar-refractivity contribution in [2.24, 2.45) is 0 Å². The second kappa shape index (κ2) is 8.22. The van der Waals surface area contributed by atoms with Gasteiger partial charge >= 0.3 is 0 Å². The zero-order chi connectivity index (χ0) is 10.8. The van der Waals surface area contributed by atoms with Gasteiger partial charge in [-0.2, -0.15) is 0 Å². The minimum Gasteiger partial charge on any atom is -0.483 e. The summed E-state index contributed by atoms with van der Waals surface area (Å²) < 4.78 is 0. The van der Waals surface area contributed by atoms with Crippen molar-refractivity contribution in [1.82, 2.24) is 5.32 Å². The largest absolute Gasteiger partial charge is 0.483 e. The number of carboxylic acid groups (broad SMARTS) is 1. The predicted molar refractivity (Wildman–Crippen MR) is 53.8 cm³/mol. The zero-order valence-corrected chi connectivity index (χ0v) is 8.10. The Hall–Kier alpha value is -1.39. The average molecular weight is 197 g/mol. The number of rotatable bonds is 3. The van der Waals surface area contributed by atoms with Crippen molar-refractivity contribution in [3.05, 3.63) is 35.4 Å². The molecule has 3 N–H and O–H groups in total. The molecular weight excluding hydrogens is 182 g/mol. The van der Waals surface area contributed by atoms with Crippen LogP contribution in [0.2, 0.25) is 0 Å². The Labute approximate surface area is 83.2 Å². The molecule has 78 valence electrons. The highest BCUT2D eigenvalue weighted by Crippen LogP contribution is 2.03. The van der Waals surface area contributed by atoms with Crippen LogP contribution in [-0.4, -0.2) is 23.7 Å². The van der Waals surface area contributed by atoms with Crippen molar-refractivity contribution in [3.63, 3.8) is 0 Å². The van der Waals surface area contributed by atoms with Crippen molar-refractivity contribution < 1.29 is 15.0 Å². The fourth-order valence-corrected chi connectivity index (χ4v) is 0.967. The van der Waals surface area contributed by atoms with Crippen LogP contribution in [-0.2, 0) is 17.9 Å². The Morgan fingerprint density at radius 1 is 1.29 bits per heavy atom. The molecule has 0 aliphatic carbocycles. The molecule has 14 heavy (non-hydrogen) atoms. The van der Waals surface area contributed by atoms with E-state index in [4.69, 9.17) is 15.0 Å². The lowest BCUT2D eigenvalue weighted by Gasteiger charge is -2.00. The monoisotopic (exact) mass is 197 g/mol. The van der Waals surface area contributed by atoms with Gasteiger partial charge < -0.3 is 15.5 Å². The van der Waals surface area contributed by atoms with E-state index in [9.17, 15) is 0 Å². The van der Waals surface area contributed by atoms with Crippen LogP contribution in [0.3, 0.4) is 0 Å². The molecule has 0 heterocycles. The van der Waals surface area contributed by atoms with Gasteiger partial charge in [0.2, 0.25) is 0 Å². The summed E-state index contributed by atoms with van der Waals surface area (Å²) in [6, 6.07) is 7.91. The standard InChI is InChI=1S/C9H13NO.CH2O2/c1-10-6-8-2-4-9(7-11)5-3-8;2-1-3/h2-5,10-11H,6-7H2,1H3;1H,(H,2,3). The van der Waals surface area contributed by atoms with Crippen molar-refractivity contribution in [1.29, 1.82) is 0 Å². The summed E-state index contributed by atoms with van der Waals surface area (Å²) in [5.41, 5.74) is 2.20. The molecule has 0 aliphatic rings. The van der Waals surface area contributed by atoms with Crippen LogP contribution in [0.4, 0.5) is 0 Å². The predicted octanol–water partition coefficient (Wildman–Crippen LogP) is 0.599. The molecule has 4 nitrogen and oxygen atoms in total. The summed E-state index contributed by atoms with van der Waals surface area (Å²) in [7, 11) is 1.92. The Balaban J connectivity index is 0.000000500. The normalized spacial score (nSPS) is 8.71. The van der Waals surface area contributed by atoms with E-state index < -0.39 is 0 Å². The van der Waals surface area contributed by atoms with Crippen molar-refractivity contribution in [3.8, 4) is 0 Å². The lowest BCUT2D eigenvalue weighted by Crippen LogP contribution is -2.04. The smallest absolute Gasteiger partial charge is 0.290 e. The Morgan fingerprint density at radius 3 is 2.07 bits per heavy atom. The van der Waals surface area contributed by atoms with E-state index in [2.05, 4.69) is 5.32 Å². The molecule has 0 amide bonds. The maximum absolute atomic E-state index is 8.74. The van der Waals surface area contributed by atoms with Crippen LogP contribution in [0.5, 0.6) is 0 Å². The van der Waals surface area contributed by atoms with Gasteiger partial charge in [-0.3, -0.25) is 4.79 Å². The molecule has 1 aromatic carbocycles. The van der Waals surface area contributed by atoms with E-state index >= 15 is 0 Å². The van der Waals surface area contributed by atoms with Gasteiger partial charge in [-0.1, -0.05) is 24.3 Å². The summed E-state index contributed by atoms with van der Waals surface area (Å²) in [5.74, 6) is 0. The van der Waals surface area contributed by atoms with Gasteiger partial charge in [-0.25, -0.2) is 0 Å². The summed E-state index contributed by atoms with van der Waals surface area (Å²) in [5, 5.41) is 18.7. The van der Waals surface area contributed by atoms with Gasteiger partial charge in [0.1, 0.15) is 0 Å². The second-order valence-corrected chi connectivity index (χ2v) is 2.61. The first-order chi connectivity index (χ1) is 6.78. The molecule has 0 aliphatic heterocycles. The van der Waals surface area contributed by atoms with Gasteiger partial charge in [0.15, 0.2) is 0 Å².